The number of likely N-dealkylation sites (tertiary alicyclic amines) is 1. The largest absolute Gasteiger partial charge is 0.387 e. The van der Waals surface area contributed by atoms with Crippen molar-refractivity contribution >= 4 is 23.3 Å². The molecule has 0 bridgehead atoms. The van der Waals surface area contributed by atoms with Crippen LogP contribution >= 0.6 is 0 Å². The predicted molar refractivity (Wildman–Crippen MR) is 109 cm³/mol. The van der Waals surface area contributed by atoms with Crippen molar-refractivity contribution in [2.45, 2.75) is 32.3 Å². The molecule has 7 heteroatoms. The van der Waals surface area contributed by atoms with Gasteiger partial charge in [0.05, 0.1) is 5.92 Å². The first-order chi connectivity index (χ1) is 14.1. The zero-order chi connectivity index (χ0) is 20.2. The minimum atomic E-state index is -0.261. The summed E-state index contributed by atoms with van der Waals surface area (Å²) >= 11 is 0. The van der Waals surface area contributed by atoms with E-state index in [0.29, 0.717) is 31.0 Å². The lowest BCUT2D eigenvalue weighted by atomic mass is 9.96. The summed E-state index contributed by atoms with van der Waals surface area (Å²) in [6.07, 6.45) is 3.46. The number of carbonyl (C=O) groups is 2. The number of nitrogens with one attached hydrogen (secondary N) is 1. The van der Waals surface area contributed by atoms with E-state index in [9.17, 15) is 9.59 Å². The number of anilines is 1. The van der Waals surface area contributed by atoms with Gasteiger partial charge in [-0.05, 0) is 37.0 Å². The van der Waals surface area contributed by atoms with E-state index in [1.54, 1.807) is 17.2 Å². The van der Waals surface area contributed by atoms with Gasteiger partial charge in [-0.3, -0.25) is 9.59 Å². The number of rotatable bonds is 4. The number of amides is 2. The van der Waals surface area contributed by atoms with Gasteiger partial charge < -0.3 is 15.1 Å². The SMILES string of the molecule is Cc1ccc(NC(=O)[C@@H]2CCCN(C(=O)C3=NO[C@@H](c4ccccc4)C3)C2)nc1. The Morgan fingerprint density at radius 3 is 2.76 bits per heavy atom. The maximum absolute atomic E-state index is 12.9. The molecule has 2 aliphatic rings. The van der Waals surface area contributed by atoms with Gasteiger partial charge in [-0.25, -0.2) is 4.98 Å². The summed E-state index contributed by atoms with van der Waals surface area (Å²) in [6.45, 7) is 2.95. The lowest BCUT2D eigenvalue weighted by Gasteiger charge is -2.31. The van der Waals surface area contributed by atoms with Crippen molar-refractivity contribution in [3.8, 4) is 0 Å². The van der Waals surface area contributed by atoms with E-state index in [4.69, 9.17) is 4.84 Å². The Kier molecular flexibility index (Phi) is 5.55. The fraction of sp³-hybridized carbons (Fsp3) is 0.364. The van der Waals surface area contributed by atoms with E-state index in [-0.39, 0.29) is 23.8 Å². The van der Waals surface area contributed by atoms with Crippen molar-refractivity contribution in [3.05, 3.63) is 59.8 Å². The van der Waals surface area contributed by atoms with Crippen LogP contribution in [-0.4, -0.2) is 40.5 Å². The number of aryl methyl sites for hydroxylation is 1. The molecule has 1 aromatic heterocycles. The summed E-state index contributed by atoms with van der Waals surface area (Å²) < 4.78 is 0. The molecule has 29 heavy (non-hydrogen) atoms. The van der Waals surface area contributed by atoms with Gasteiger partial charge in [0.2, 0.25) is 5.91 Å². The van der Waals surface area contributed by atoms with E-state index in [2.05, 4.69) is 15.5 Å². The monoisotopic (exact) mass is 392 g/mol. The van der Waals surface area contributed by atoms with Crippen LogP contribution in [0.3, 0.4) is 0 Å². The van der Waals surface area contributed by atoms with E-state index >= 15 is 0 Å². The molecule has 0 saturated carbocycles. The summed E-state index contributed by atoms with van der Waals surface area (Å²) in [5.74, 6) is 0.0204. The Hall–Kier alpha value is -3.22. The van der Waals surface area contributed by atoms with Gasteiger partial charge >= 0.3 is 0 Å². The third-order valence-electron chi connectivity index (χ3n) is 5.33. The number of oxime groups is 1. The highest BCUT2D eigenvalue weighted by Crippen LogP contribution is 2.28. The van der Waals surface area contributed by atoms with Crippen molar-refractivity contribution in [1.29, 1.82) is 0 Å². The topological polar surface area (TPSA) is 83.9 Å². The van der Waals surface area contributed by atoms with Gasteiger partial charge in [-0.2, -0.15) is 0 Å². The van der Waals surface area contributed by atoms with E-state index in [0.717, 1.165) is 24.0 Å². The molecule has 2 atom stereocenters. The Labute approximate surface area is 169 Å². The number of piperidine rings is 1. The molecule has 1 saturated heterocycles. The third-order valence-corrected chi connectivity index (χ3v) is 5.33. The highest BCUT2D eigenvalue weighted by Gasteiger charge is 2.34. The Bertz CT molecular complexity index is 911. The second kappa shape index (κ2) is 8.43. The first-order valence-corrected chi connectivity index (χ1v) is 9.90. The van der Waals surface area contributed by atoms with E-state index in [1.165, 1.54) is 0 Å². The molecule has 150 valence electrons. The number of hydrogen-bond donors (Lipinski definition) is 1. The molecular weight excluding hydrogens is 368 g/mol. The Morgan fingerprint density at radius 1 is 1.17 bits per heavy atom. The van der Waals surface area contributed by atoms with Crippen LogP contribution in [-0.2, 0) is 14.4 Å². The van der Waals surface area contributed by atoms with Crippen LogP contribution in [0.15, 0.2) is 53.8 Å². The van der Waals surface area contributed by atoms with Crippen LogP contribution < -0.4 is 5.32 Å². The fourth-order valence-corrected chi connectivity index (χ4v) is 3.68. The number of nitrogens with zero attached hydrogens (tertiary/aromatic N) is 3. The Balaban J connectivity index is 1.35. The predicted octanol–water partition coefficient (Wildman–Crippen LogP) is 3.08. The molecule has 0 unspecified atom stereocenters. The van der Waals surface area contributed by atoms with Crippen LogP contribution in [0.25, 0.3) is 0 Å². The van der Waals surface area contributed by atoms with E-state index < -0.39 is 0 Å². The minimum absolute atomic E-state index is 0.106. The highest BCUT2D eigenvalue weighted by atomic mass is 16.6. The fourth-order valence-electron chi connectivity index (χ4n) is 3.68. The number of benzene rings is 1. The molecule has 4 rings (SSSR count). The van der Waals surface area contributed by atoms with Crippen LogP contribution in [0, 0.1) is 12.8 Å². The van der Waals surface area contributed by atoms with Crippen molar-refractivity contribution in [1.82, 2.24) is 9.88 Å². The molecule has 0 radical (unpaired) electrons. The molecule has 2 amide bonds. The smallest absolute Gasteiger partial charge is 0.271 e. The maximum Gasteiger partial charge on any atom is 0.271 e. The number of carbonyl (C=O) groups excluding carboxylic acids is 2. The molecule has 1 aromatic carbocycles. The molecular formula is C22H24N4O3. The molecule has 2 aliphatic heterocycles. The zero-order valence-electron chi connectivity index (χ0n) is 16.4. The number of hydrogen-bond acceptors (Lipinski definition) is 5. The molecule has 7 nitrogen and oxygen atoms in total. The highest BCUT2D eigenvalue weighted by molar-refractivity contribution is 6.39. The molecule has 1 fully saturated rings. The minimum Gasteiger partial charge on any atom is -0.387 e. The summed E-state index contributed by atoms with van der Waals surface area (Å²) in [5, 5.41) is 6.88. The van der Waals surface area contributed by atoms with Gasteiger partial charge in [0.15, 0.2) is 6.10 Å². The molecule has 0 aliphatic carbocycles. The van der Waals surface area contributed by atoms with Gasteiger partial charge in [0, 0.05) is 25.7 Å². The number of pyridine rings is 1. The average Bonchev–Trinajstić information content (AvgIpc) is 3.26. The van der Waals surface area contributed by atoms with Crippen molar-refractivity contribution in [3.63, 3.8) is 0 Å². The molecule has 2 aromatic rings. The summed E-state index contributed by atoms with van der Waals surface area (Å²) in [6, 6.07) is 13.4. The molecule has 3 heterocycles. The standard InChI is InChI=1S/C22H24N4O3/c1-15-9-10-20(23-13-15)24-21(27)17-8-5-11-26(14-17)22(28)18-12-19(29-25-18)16-6-3-2-4-7-16/h2-4,6-7,9-10,13,17,19H,5,8,11-12,14H2,1H3,(H,23,24,27)/t17-,19-/m1/s1. The average molecular weight is 392 g/mol. The number of aromatic nitrogens is 1. The van der Waals surface area contributed by atoms with Gasteiger partial charge in [-0.1, -0.05) is 41.6 Å². The van der Waals surface area contributed by atoms with E-state index in [1.807, 2.05) is 43.3 Å². The van der Waals surface area contributed by atoms with Crippen molar-refractivity contribution in [2.75, 3.05) is 18.4 Å². The molecule has 1 N–H and O–H groups in total. The first-order valence-electron chi connectivity index (χ1n) is 9.90. The second-order valence-corrected chi connectivity index (χ2v) is 7.55. The lowest BCUT2D eigenvalue weighted by Crippen LogP contribution is -2.46. The van der Waals surface area contributed by atoms with Crippen LogP contribution in [0.2, 0.25) is 0 Å². The van der Waals surface area contributed by atoms with Crippen LogP contribution in [0.5, 0.6) is 0 Å². The van der Waals surface area contributed by atoms with Crippen LogP contribution in [0.1, 0.15) is 36.5 Å². The Morgan fingerprint density at radius 2 is 2.00 bits per heavy atom. The lowest BCUT2D eigenvalue weighted by molar-refractivity contribution is -0.128. The summed E-state index contributed by atoms with van der Waals surface area (Å²) in [5.41, 5.74) is 2.45. The molecule has 0 spiro atoms. The summed E-state index contributed by atoms with van der Waals surface area (Å²) in [7, 11) is 0. The van der Waals surface area contributed by atoms with Crippen molar-refractivity contribution in [2.24, 2.45) is 11.1 Å². The summed E-state index contributed by atoms with van der Waals surface area (Å²) in [4.78, 5) is 37.0. The first kappa shape index (κ1) is 19.1. The zero-order valence-corrected chi connectivity index (χ0v) is 16.4. The maximum atomic E-state index is 12.9. The van der Waals surface area contributed by atoms with Crippen molar-refractivity contribution < 1.29 is 14.4 Å². The second-order valence-electron chi connectivity index (χ2n) is 7.55. The quantitative estimate of drug-likeness (QED) is 0.867. The van der Waals surface area contributed by atoms with Crippen LogP contribution in [0.4, 0.5) is 5.82 Å². The third kappa shape index (κ3) is 4.45. The van der Waals surface area contributed by atoms with Gasteiger partial charge in [0.25, 0.3) is 5.91 Å². The van der Waals surface area contributed by atoms with Gasteiger partial charge in [0.1, 0.15) is 11.5 Å². The normalized spacial score (nSPS) is 21.3. The van der Waals surface area contributed by atoms with Gasteiger partial charge in [-0.15, -0.1) is 0 Å².